The number of carboxylic acid groups (broad SMARTS) is 4. The van der Waals surface area contributed by atoms with Gasteiger partial charge in [0.15, 0.2) is 0 Å². The maximum Gasteiger partial charge on any atom is 0.291 e. The molecule has 0 aromatic carbocycles. The van der Waals surface area contributed by atoms with E-state index in [0.29, 0.717) is 21.8 Å². The van der Waals surface area contributed by atoms with Crippen LogP contribution in [0.4, 0.5) is 9.59 Å². The highest BCUT2D eigenvalue weighted by molar-refractivity contribution is 6.91. The Morgan fingerprint density at radius 1 is 0.706 bits per heavy atom. The summed E-state index contributed by atoms with van der Waals surface area (Å²) in [4.78, 5) is 41.7. The van der Waals surface area contributed by atoms with Crippen LogP contribution in [0.25, 0.3) is 0 Å². The number of carboxylic acids is 2. The third kappa shape index (κ3) is 6.28. The Balaban J connectivity index is 4.67. The van der Waals surface area contributed by atoms with Crippen molar-refractivity contribution in [3.63, 3.8) is 0 Å². The molecule has 87 valence electrons. The molecule has 2 unspecified atom stereocenters. The molecule has 11 heteroatoms. The van der Waals surface area contributed by atoms with Crippen molar-refractivity contribution in [1.82, 2.24) is 0 Å². The fraction of sp³-hybridized carbons (Fsp3) is 0.333. The van der Waals surface area contributed by atoms with E-state index in [4.69, 9.17) is 20.4 Å². The summed E-state index contributed by atoms with van der Waals surface area (Å²) in [7, 11) is 1.31. The van der Waals surface area contributed by atoms with Crippen LogP contribution in [-0.2, 0) is 9.59 Å². The summed E-state index contributed by atoms with van der Waals surface area (Å²) in [6.07, 6.45) is 0. The average Bonchev–Trinajstić information content (AvgIpc) is 2.13. The van der Waals surface area contributed by atoms with E-state index in [0.717, 1.165) is 0 Å². The van der Waals surface area contributed by atoms with Crippen LogP contribution in [0.1, 0.15) is 0 Å². The highest BCUT2D eigenvalue weighted by Gasteiger charge is 2.33. The van der Waals surface area contributed by atoms with Gasteiger partial charge >= 0.3 is 0 Å². The Bertz CT molecular complexity index is 310. The third-order valence-corrected chi connectivity index (χ3v) is 1.63. The second kappa shape index (κ2) is 6.61. The summed E-state index contributed by atoms with van der Waals surface area (Å²) in [6.45, 7) is 0. The molecule has 0 bridgehead atoms. The summed E-state index contributed by atoms with van der Waals surface area (Å²) < 4.78 is 0. The zero-order valence-electron chi connectivity index (χ0n) is 8.31. The van der Waals surface area contributed by atoms with Gasteiger partial charge < -0.3 is 20.4 Å². The van der Waals surface area contributed by atoms with Crippen LogP contribution < -0.4 is 0 Å². The molecule has 0 amide bonds. The molecule has 0 aliphatic rings. The Morgan fingerprint density at radius 3 is 1.18 bits per heavy atom. The molecule has 2 atom stereocenters. The molecule has 0 aliphatic heterocycles. The van der Waals surface area contributed by atoms with Gasteiger partial charge in [0.05, 0.1) is 0 Å². The van der Waals surface area contributed by atoms with E-state index in [1.54, 1.807) is 0 Å². The van der Waals surface area contributed by atoms with Gasteiger partial charge in [-0.3, -0.25) is 19.2 Å². The lowest BCUT2D eigenvalue weighted by Crippen LogP contribution is -2.34. The van der Waals surface area contributed by atoms with Gasteiger partial charge in [0.25, 0.3) is 26.5 Å². The van der Waals surface area contributed by atoms with Crippen molar-refractivity contribution in [2.75, 3.05) is 0 Å². The van der Waals surface area contributed by atoms with E-state index in [1.807, 2.05) is 0 Å². The highest BCUT2D eigenvalue weighted by Crippen LogP contribution is 2.12. The van der Waals surface area contributed by atoms with Crippen molar-refractivity contribution >= 4 is 45.5 Å². The van der Waals surface area contributed by atoms with Crippen LogP contribution >= 0.6 is 0 Å². The fourth-order valence-corrected chi connectivity index (χ4v) is 0.949. The summed E-state index contributed by atoms with van der Waals surface area (Å²) in [6, 6.07) is 0. The number of carbonyl (C=O) groups is 4. The van der Waals surface area contributed by atoms with Gasteiger partial charge in [-0.05, 0) is 0 Å². The molecular formula is C6H6B3O8. The molecular weight excluding hydrogens is 232 g/mol. The molecule has 0 rings (SSSR count). The van der Waals surface area contributed by atoms with Crippen molar-refractivity contribution in [3.8, 4) is 0 Å². The Morgan fingerprint density at radius 2 is 1.00 bits per heavy atom. The molecule has 17 heavy (non-hydrogen) atoms. The minimum absolute atomic E-state index is 0.355. The number of rotatable bonds is 8. The topological polar surface area (TPSA) is 149 Å². The van der Waals surface area contributed by atoms with E-state index in [1.165, 1.54) is 0 Å². The van der Waals surface area contributed by atoms with Gasteiger partial charge in [0.1, 0.15) is 7.28 Å². The Labute approximate surface area is 97.3 Å². The molecule has 0 saturated heterocycles. The average molecular weight is 239 g/mol. The molecule has 0 aliphatic carbocycles. The van der Waals surface area contributed by atoms with Gasteiger partial charge in [-0.25, -0.2) is 0 Å². The molecule has 0 saturated carbocycles. The van der Waals surface area contributed by atoms with E-state index >= 15 is 0 Å². The molecule has 0 aromatic rings. The highest BCUT2D eigenvalue weighted by atomic mass is 16.4. The predicted octanol–water partition coefficient (Wildman–Crippen LogP) is -0.884. The molecule has 8 nitrogen and oxygen atoms in total. The maximum absolute atomic E-state index is 10.6. The summed E-state index contributed by atoms with van der Waals surface area (Å²) >= 11 is 0. The minimum Gasteiger partial charge on any atom is -0.490 e. The van der Waals surface area contributed by atoms with Crippen LogP contribution in [0, 0.1) is 0 Å². The second-order valence-electron chi connectivity index (χ2n) is 2.93. The van der Waals surface area contributed by atoms with Crippen molar-refractivity contribution in [3.05, 3.63) is 0 Å². The summed E-state index contributed by atoms with van der Waals surface area (Å²) in [5, 5.41) is 33.9. The van der Waals surface area contributed by atoms with Crippen molar-refractivity contribution in [1.29, 1.82) is 0 Å². The zero-order valence-corrected chi connectivity index (χ0v) is 8.31. The lowest BCUT2D eigenvalue weighted by Gasteiger charge is -2.12. The third-order valence-electron chi connectivity index (χ3n) is 1.63. The lowest BCUT2D eigenvalue weighted by atomic mass is 9.33. The Kier molecular flexibility index (Phi) is 5.86. The van der Waals surface area contributed by atoms with Gasteiger partial charge in [-0.15, -0.1) is 0 Å². The first-order valence-corrected chi connectivity index (χ1v) is 4.20. The van der Waals surface area contributed by atoms with Gasteiger partial charge in [-0.2, -0.15) is 0 Å². The van der Waals surface area contributed by atoms with Gasteiger partial charge in [0.2, 0.25) is 11.7 Å². The first-order chi connectivity index (χ1) is 7.73. The van der Waals surface area contributed by atoms with Gasteiger partial charge in [0, 0.05) is 11.4 Å². The van der Waals surface area contributed by atoms with Crippen LogP contribution in [0.2, 0.25) is 11.4 Å². The van der Waals surface area contributed by atoms with Crippen LogP contribution in [-0.4, -0.2) is 65.9 Å². The van der Waals surface area contributed by atoms with E-state index in [-0.39, 0.29) is 0 Å². The van der Waals surface area contributed by atoms with E-state index in [9.17, 15) is 19.2 Å². The van der Waals surface area contributed by atoms with Crippen LogP contribution in [0.3, 0.4) is 0 Å². The standard InChI is InChI=1S/C6H6B3O8/c10-3(11)1(8-5(14)15)7-2(4(12)13)9-6(16)17/h1-2H,(H,10,11)(H,12,13)(H,14,15)(H,16,17). The van der Waals surface area contributed by atoms with E-state index < -0.39 is 35.1 Å². The lowest BCUT2D eigenvalue weighted by molar-refractivity contribution is -0.135. The Hall–Kier alpha value is -1.93. The second-order valence-corrected chi connectivity index (χ2v) is 2.93. The van der Waals surface area contributed by atoms with Crippen molar-refractivity contribution in [2.24, 2.45) is 0 Å². The largest absolute Gasteiger partial charge is 0.490 e. The SMILES string of the molecule is O=C(O)[B]C([B]C([B]C(=O)O)C(=O)O)C(=O)O. The normalized spacial score (nSPS) is 12.9. The number of hydrogen-bond donors (Lipinski definition) is 4. The van der Waals surface area contributed by atoms with Crippen molar-refractivity contribution in [2.45, 2.75) is 11.4 Å². The molecule has 0 fully saturated rings. The molecule has 4 N–H and O–H groups in total. The summed E-state index contributed by atoms with van der Waals surface area (Å²) in [5.74, 6) is -6.27. The molecule has 0 aromatic heterocycles. The molecule has 0 spiro atoms. The maximum atomic E-state index is 10.6. The predicted molar refractivity (Wildman–Crippen MR) is 56.1 cm³/mol. The number of hydrogen-bond acceptors (Lipinski definition) is 4. The van der Waals surface area contributed by atoms with E-state index in [2.05, 4.69) is 0 Å². The number of aliphatic carboxylic acids is 2. The molecule has 3 radical (unpaired) electrons. The first-order valence-electron chi connectivity index (χ1n) is 4.20. The van der Waals surface area contributed by atoms with Crippen molar-refractivity contribution < 1.29 is 39.6 Å². The van der Waals surface area contributed by atoms with Crippen LogP contribution in [0.5, 0.6) is 0 Å². The zero-order chi connectivity index (χ0) is 13.6. The smallest absolute Gasteiger partial charge is 0.291 e. The van der Waals surface area contributed by atoms with Crippen LogP contribution in [0.15, 0.2) is 0 Å². The monoisotopic (exact) mass is 239 g/mol. The first kappa shape index (κ1) is 15.1. The fourth-order valence-electron chi connectivity index (χ4n) is 0.949. The summed E-state index contributed by atoms with van der Waals surface area (Å²) in [5.41, 5.74) is -3.38. The van der Waals surface area contributed by atoms with Gasteiger partial charge in [-0.1, -0.05) is 0 Å². The molecule has 0 heterocycles. The quantitative estimate of drug-likeness (QED) is 0.398. The minimum atomic E-state index is -1.69.